The molecule has 2 aromatic heterocycles. The zero-order valence-corrected chi connectivity index (χ0v) is 10.1. The molecule has 0 bridgehead atoms. The van der Waals surface area contributed by atoms with Gasteiger partial charge in [-0.05, 0) is 13.8 Å². The normalized spacial score (nSPS) is 12.2. The molecular weight excluding hydrogens is 218 g/mol. The maximum atomic E-state index is 5.09. The SMILES string of the molecule is COc1cc(C)nc(NC(C)c2ncc[nH]2)n1. The molecule has 0 aliphatic carbocycles. The molecule has 0 fully saturated rings. The first-order valence-electron chi connectivity index (χ1n) is 5.34. The highest BCUT2D eigenvalue weighted by Crippen LogP contribution is 2.16. The Bertz CT molecular complexity index is 483. The summed E-state index contributed by atoms with van der Waals surface area (Å²) in [5.41, 5.74) is 0.853. The van der Waals surface area contributed by atoms with E-state index in [2.05, 4.69) is 25.3 Å². The van der Waals surface area contributed by atoms with Crippen LogP contribution in [0, 0.1) is 6.92 Å². The van der Waals surface area contributed by atoms with Crippen molar-refractivity contribution in [2.75, 3.05) is 12.4 Å². The maximum Gasteiger partial charge on any atom is 0.226 e. The molecule has 0 radical (unpaired) electrons. The number of aryl methyl sites for hydroxylation is 1. The summed E-state index contributed by atoms with van der Waals surface area (Å²) < 4.78 is 5.09. The number of hydrogen-bond donors (Lipinski definition) is 2. The molecule has 0 saturated heterocycles. The standard InChI is InChI=1S/C11H15N5O/c1-7-6-9(17-3)16-11(14-7)15-8(2)10-12-4-5-13-10/h4-6,8H,1-3H3,(H,12,13)(H,14,15,16). The van der Waals surface area contributed by atoms with Crippen LogP contribution in [0.5, 0.6) is 5.88 Å². The van der Waals surface area contributed by atoms with Gasteiger partial charge in [0.25, 0.3) is 0 Å². The zero-order valence-electron chi connectivity index (χ0n) is 10.1. The van der Waals surface area contributed by atoms with E-state index in [1.807, 2.05) is 13.8 Å². The van der Waals surface area contributed by atoms with Crippen LogP contribution in [0.4, 0.5) is 5.95 Å². The predicted molar refractivity (Wildman–Crippen MR) is 63.9 cm³/mol. The van der Waals surface area contributed by atoms with Crippen LogP contribution in [-0.2, 0) is 0 Å². The lowest BCUT2D eigenvalue weighted by molar-refractivity contribution is 0.397. The van der Waals surface area contributed by atoms with Crippen LogP contribution in [0.15, 0.2) is 18.5 Å². The fraction of sp³-hybridized carbons (Fsp3) is 0.364. The van der Waals surface area contributed by atoms with Gasteiger partial charge in [-0.15, -0.1) is 0 Å². The number of aromatic amines is 1. The lowest BCUT2D eigenvalue weighted by Crippen LogP contribution is -2.11. The molecule has 6 heteroatoms. The Morgan fingerprint density at radius 1 is 1.41 bits per heavy atom. The van der Waals surface area contributed by atoms with Crippen molar-refractivity contribution in [1.29, 1.82) is 0 Å². The number of anilines is 1. The molecule has 1 unspecified atom stereocenters. The molecule has 2 rings (SSSR count). The van der Waals surface area contributed by atoms with E-state index < -0.39 is 0 Å². The number of methoxy groups -OCH3 is 1. The van der Waals surface area contributed by atoms with Gasteiger partial charge in [0.15, 0.2) is 0 Å². The van der Waals surface area contributed by atoms with E-state index in [9.17, 15) is 0 Å². The Labute approximate surface area is 99.5 Å². The molecule has 0 spiro atoms. The minimum absolute atomic E-state index is 0.0107. The number of nitrogens with one attached hydrogen (secondary N) is 2. The molecular formula is C11H15N5O. The van der Waals surface area contributed by atoms with Gasteiger partial charge in [0.1, 0.15) is 5.82 Å². The van der Waals surface area contributed by atoms with Crippen LogP contribution in [-0.4, -0.2) is 27.0 Å². The minimum Gasteiger partial charge on any atom is -0.481 e. The first-order valence-corrected chi connectivity index (χ1v) is 5.34. The van der Waals surface area contributed by atoms with Gasteiger partial charge >= 0.3 is 0 Å². The smallest absolute Gasteiger partial charge is 0.226 e. The summed E-state index contributed by atoms with van der Waals surface area (Å²) in [6.45, 7) is 3.88. The van der Waals surface area contributed by atoms with E-state index in [4.69, 9.17) is 4.74 Å². The second kappa shape index (κ2) is 4.82. The molecule has 0 aliphatic rings. The molecule has 0 aromatic carbocycles. The molecule has 0 aliphatic heterocycles. The van der Waals surface area contributed by atoms with Crippen LogP contribution in [0.1, 0.15) is 24.5 Å². The quantitative estimate of drug-likeness (QED) is 0.840. The number of imidazole rings is 1. The highest BCUT2D eigenvalue weighted by molar-refractivity contribution is 5.32. The Morgan fingerprint density at radius 3 is 2.88 bits per heavy atom. The van der Waals surface area contributed by atoms with Gasteiger partial charge in [0.2, 0.25) is 11.8 Å². The van der Waals surface area contributed by atoms with Gasteiger partial charge in [-0.3, -0.25) is 0 Å². The fourth-order valence-corrected chi connectivity index (χ4v) is 1.49. The van der Waals surface area contributed by atoms with Gasteiger partial charge in [-0.25, -0.2) is 9.97 Å². The molecule has 17 heavy (non-hydrogen) atoms. The van der Waals surface area contributed by atoms with E-state index in [1.54, 1.807) is 25.6 Å². The predicted octanol–water partition coefficient (Wildman–Crippen LogP) is 1.69. The van der Waals surface area contributed by atoms with Gasteiger partial charge < -0.3 is 15.0 Å². The number of hydrogen-bond acceptors (Lipinski definition) is 5. The molecule has 2 heterocycles. The van der Waals surface area contributed by atoms with Crippen LogP contribution in [0.25, 0.3) is 0 Å². The van der Waals surface area contributed by atoms with E-state index in [0.717, 1.165) is 11.5 Å². The second-order valence-electron chi connectivity index (χ2n) is 3.72. The average molecular weight is 233 g/mol. The Hall–Kier alpha value is -2.11. The first kappa shape index (κ1) is 11.4. The first-order chi connectivity index (χ1) is 8.19. The summed E-state index contributed by atoms with van der Waals surface area (Å²) >= 11 is 0. The van der Waals surface area contributed by atoms with Crippen LogP contribution in [0.3, 0.4) is 0 Å². The van der Waals surface area contributed by atoms with E-state index in [0.29, 0.717) is 11.8 Å². The summed E-state index contributed by atoms with van der Waals surface area (Å²) in [4.78, 5) is 15.7. The van der Waals surface area contributed by atoms with Crippen LogP contribution in [0.2, 0.25) is 0 Å². The van der Waals surface area contributed by atoms with Gasteiger partial charge in [0.05, 0.1) is 13.2 Å². The van der Waals surface area contributed by atoms with Crippen molar-refractivity contribution in [2.24, 2.45) is 0 Å². The summed E-state index contributed by atoms with van der Waals surface area (Å²) in [7, 11) is 1.58. The number of nitrogens with zero attached hydrogens (tertiary/aromatic N) is 3. The summed E-state index contributed by atoms with van der Waals surface area (Å²) in [6.07, 6.45) is 3.50. The third-order valence-electron chi connectivity index (χ3n) is 2.31. The lowest BCUT2D eigenvalue weighted by Gasteiger charge is -2.12. The molecule has 0 saturated carbocycles. The van der Waals surface area contributed by atoms with Crippen molar-refractivity contribution in [1.82, 2.24) is 19.9 Å². The molecule has 2 aromatic rings. The van der Waals surface area contributed by atoms with Crippen LogP contribution >= 0.6 is 0 Å². The molecule has 1 atom stereocenters. The lowest BCUT2D eigenvalue weighted by atomic mass is 10.3. The Kier molecular flexibility index (Phi) is 3.22. The topological polar surface area (TPSA) is 75.7 Å². The number of H-pyrrole nitrogens is 1. The van der Waals surface area contributed by atoms with Gasteiger partial charge in [0, 0.05) is 24.2 Å². The van der Waals surface area contributed by atoms with Crippen molar-refractivity contribution in [3.63, 3.8) is 0 Å². The van der Waals surface area contributed by atoms with Crippen LogP contribution < -0.4 is 10.1 Å². The zero-order chi connectivity index (χ0) is 12.3. The third kappa shape index (κ3) is 2.72. The molecule has 90 valence electrons. The van der Waals surface area contributed by atoms with Gasteiger partial charge in [-0.2, -0.15) is 4.98 Å². The van der Waals surface area contributed by atoms with E-state index in [-0.39, 0.29) is 6.04 Å². The summed E-state index contributed by atoms with van der Waals surface area (Å²) in [6, 6.07) is 1.79. The number of rotatable bonds is 4. The molecule has 0 amide bonds. The summed E-state index contributed by atoms with van der Waals surface area (Å²) in [5.74, 6) is 1.92. The summed E-state index contributed by atoms with van der Waals surface area (Å²) in [5, 5.41) is 3.16. The highest BCUT2D eigenvalue weighted by atomic mass is 16.5. The second-order valence-corrected chi connectivity index (χ2v) is 3.72. The largest absolute Gasteiger partial charge is 0.481 e. The third-order valence-corrected chi connectivity index (χ3v) is 2.31. The van der Waals surface area contributed by atoms with Crippen molar-refractivity contribution >= 4 is 5.95 Å². The fourth-order valence-electron chi connectivity index (χ4n) is 1.49. The molecule has 6 nitrogen and oxygen atoms in total. The van der Waals surface area contributed by atoms with Crippen molar-refractivity contribution in [2.45, 2.75) is 19.9 Å². The highest BCUT2D eigenvalue weighted by Gasteiger charge is 2.10. The maximum absolute atomic E-state index is 5.09. The Morgan fingerprint density at radius 2 is 2.24 bits per heavy atom. The number of aromatic nitrogens is 4. The minimum atomic E-state index is 0.0107. The van der Waals surface area contributed by atoms with Gasteiger partial charge in [-0.1, -0.05) is 0 Å². The monoisotopic (exact) mass is 233 g/mol. The van der Waals surface area contributed by atoms with Crippen molar-refractivity contribution in [3.05, 3.63) is 30.0 Å². The number of ether oxygens (including phenoxy) is 1. The Balaban J connectivity index is 2.15. The van der Waals surface area contributed by atoms with E-state index in [1.165, 1.54) is 0 Å². The van der Waals surface area contributed by atoms with Crippen molar-refractivity contribution < 1.29 is 4.74 Å². The average Bonchev–Trinajstić information content (AvgIpc) is 2.81. The van der Waals surface area contributed by atoms with E-state index >= 15 is 0 Å². The van der Waals surface area contributed by atoms with Crippen molar-refractivity contribution in [3.8, 4) is 5.88 Å². The molecule has 2 N–H and O–H groups in total.